The number of likely N-dealkylation sites (N-methyl/N-ethyl adjacent to an activating group) is 1. The molecule has 0 aromatic heterocycles. The van der Waals surface area contributed by atoms with E-state index in [0.717, 1.165) is 96.3 Å². The number of aliphatic hydroxyl groups excluding tert-OH is 1. The largest absolute Gasteiger partial charge is 0.472 e. The lowest BCUT2D eigenvalue weighted by Crippen LogP contribution is -2.45. The summed E-state index contributed by atoms with van der Waals surface area (Å²) in [5, 5.41) is 14.0. The number of aliphatic hydroxyl groups is 1. The maximum Gasteiger partial charge on any atom is 0.472 e. The lowest BCUT2D eigenvalue weighted by molar-refractivity contribution is -0.870. The van der Waals surface area contributed by atoms with Crippen LogP contribution >= 0.6 is 7.82 Å². The van der Waals surface area contributed by atoms with E-state index < -0.39 is 20.0 Å². The van der Waals surface area contributed by atoms with Crippen molar-refractivity contribution in [1.29, 1.82) is 0 Å². The Hall–Kier alpha value is -2.58. The Kier molecular flexibility index (Phi) is 52.3. The topological polar surface area (TPSA) is 105 Å². The normalized spacial score (nSPS) is 14.6. The molecule has 0 spiro atoms. The summed E-state index contributed by atoms with van der Waals surface area (Å²) < 4.78 is 23.7. The van der Waals surface area contributed by atoms with E-state index in [0.29, 0.717) is 17.4 Å². The fourth-order valence-corrected chi connectivity index (χ4v) is 9.11. The molecule has 3 atom stereocenters. The monoisotopic (exact) mass is 1040 g/mol. The van der Waals surface area contributed by atoms with Crippen molar-refractivity contribution < 1.29 is 32.9 Å². The molecule has 0 saturated carbocycles. The molecule has 0 aliphatic heterocycles. The quantitative estimate of drug-likeness (QED) is 0.0243. The number of carbonyl (C=O) groups is 1. The van der Waals surface area contributed by atoms with Crippen LogP contribution in [0.3, 0.4) is 0 Å². The van der Waals surface area contributed by atoms with E-state index in [1.165, 1.54) is 135 Å². The molecular weight excluding hydrogens is 924 g/mol. The van der Waals surface area contributed by atoms with Crippen LogP contribution in [-0.4, -0.2) is 73.4 Å². The Morgan fingerprint density at radius 1 is 0.479 bits per heavy atom. The second kappa shape index (κ2) is 54.2. The number of phosphoric ester groups is 1. The zero-order valence-electron chi connectivity index (χ0n) is 48.1. The molecule has 0 aromatic rings. The summed E-state index contributed by atoms with van der Waals surface area (Å²) in [6, 6.07) is -0.860. The smallest absolute Gasteiger partial charge is 0.387 e. The summed E-state index contributed by atoms with van der Waals surface area (Å²) in [5.74, 6) is -0.190. The van der Waals surface area contributed by atoms with Crippen LogP contribution in [0.1, 0.15) is 251 Å². The van der Waals surface area contributed by atoms with Gasteiger partial charge in [0.15, 0.2) is 0 Å². The fraction of sp³-hybridized carbons (Fsp3) is 0.734. The number of amides is 1. The summed E-state index contributed by atoms with van der Waals surface area (Å²) in [6.07, 6.45) is 77.9. The van der Waals surface area contributed by atoms with Gasteiger partial charge in [-0.05, 0) is 77.0 Å². The van der Waals surface area contributed by atoms with E-state index in [4.69, 9.17) is 9.05 Å². The van der Waals surface area contributed by atoms with Crippen molar-refractivity contribution in [3.05, 3.63) is 97.2 Å². The van der Waals surface area contributed by atoms with Gasteiger partial charge >= 0.3 is 7.82 Å². The molecule has 73 heavy (non-hydrogen) atoms. The van der Waals surface area contributed by atoms with E-state index in [1.54, 1.807) is 6.08 Å². The van der Waals surface area contributed by atoms with Gasteiger partial charge < -0.3 is 19.8 Å². The van der Waals surface area contributed by atoms with Crippen molar-refractivity contribution in [2.75, 3.05) is 40.9 Å². The summed E-state index contributed by atoms with van der Waals surface area (Å²) in [5.41, 5.74) is 0. The molecule has 0 radical (unpaired) electrons. The second-order valence-corrected chi connectivity index (χ2v) is 22.8. The molecule has 422 valence electrons. The van der Waals surface area contributed by atoms with Gasteiger partial charge in [-0.2, -0.15) is 0 Å². The Morgan fingerprint density at radius 2 is 0.822 bits per heavy atom. The molecule has 0 aliphatic carbocycles. The van der Waals surface area contributed by atoms with Crippen LogP contribution in [-0.2, 0) is 18.4 Å². The van der Waals surface area contributed by atoms with Crippen molar-refractivity contribution in [2.45, 2.75) is 264 Å². The van der Waals surface area contributed by atoms with Crippen LogP contribution in [0.15, 0.2) is 97.2 Å². The zero-order chi connectivity index (χ0) is 53.5. The number of unbranched alkanes of at least 4 members (excludes halogenated alkanes) is 27. The molecular formula is C64H116N2O6P+. The number of quaternary nitrogens is 1. The van der Waals surface area contributed by atoms with Gasteiger partial charge in [0, 0.05) is 6.42 Å². The predicted molar refractivity (Wildman–Crippen MR) is 318 cm³/mol. The van der Waals surface area contributed by atoms with Gasteiger partial charge in [-0.15, -0.1) is 0 Å². The number of allylic oxidation sites excluding steroid dienone is 15. The van der Waals surface area contributed by atoms with Gasteiger partial charge in [0.25, 0.3) is 0 Å². The van der Waals surface area contributed by atoms with Crippen molar-refractivity contribution in [3.8, 4) is 0 Å². The van der Waals surface area contributed by atoms with Crippen molar-refractivity contribution in [3.63, 3.8) is 0 Å². The molecule has 8 nitrogen and oxygen atoms in total. The molecule has 3 unspecified atom stereocenters. The third-order valence-electron chi connectivity index (χ3n) is 13.1. The average molecular weight is 1040 g/mol. The van der Waals surface area contributed by atoms with Gasteiger partial charge in [0.2, 0.25) is 5.91 Å². The van der Waals surface area contributed by atoms with E-state index in [1.807, 2.05) is 27.2 Å². The van der Waals surface area contributed by atoms with Crippen LogP contribution in [0.4, 0.5) is 0 Å². The lowest BCUT2D eigenvalue weighted by Gasteiger charge is -2.25. The minimum absolute atomic E-state index is 0.0546. The average Bonchev–Trinajstić information content (AvgIpc) is 3.35. The minimum Gasteiger partial charge on any atom is -0.387 e. The van der Waals surface area contributed by atoms with Crippen LogP contribution in [0.2, 0.25) is 0 Å². The first-order valence-electron chi connectivity index (χ1n) is 30.1. The molecule has 0 saturated heterocycles. The minimum atomic E-state index is -4.36. The van der Waals surface area contributed by atoms with Gasteiger partial charge in [0.05, 0.1) is 39.9 Å². The number of hydrogen-bond donors (Lipinski definition) is 3. The van der Waals surface area contributed by atoms with E-state index >= 15 is 0 Å². The first-order valence-corrected chi connectivity index (χ1v) is 31.6. The number of nitrogens with one attached hydrogen (secondary N) is 1. The van der Waals surface area contributed by atoms with Crippen molar-refractivity contribution >= 4 is 13.7 Å². The third-order valence-corrected chi connectivity index (χ3v) is 14.0. The maximum absolute atomic E-state index is 13.0. The molecule has 0 fully saturated rings. The first-order chi connectivity index (χ1) is 35.5. The summed E-state index contributed by atoms with van der Waals surface area (Å²) in [7, 11) is 1.56. The lowest BCUT2D eigenvalue weighted by atomic mass is 10.0. The second-order valence-electron chi connectivity index (χ2n) is 21.3. The summed E-state index contributed by atoms with van der Waals surface area (Å²) in [4.78, 5) is 23.3. The first kappa shape index (κ1) is 70.4. The summed E-state index contributed by atoms with van der Waals surface area (Å²) in [6.45, 7) is 4.70. The highest BCUT2D eigenvalue weighted by Gasteiger charge is 2.27. The highest BCUT2D eigenvalue weighted by atomic mass is 31.2. The third kappa shape index (κ3) is 57.0. The molecule has 0 rings (SSSR count). The van der Waals surface area contributed by atoms with Gasteiger partial charge in [-0.25, -0.2) is 4.57 Å². The molecule has 9 heteroatoms. The van der Waals surface area contributed by atoms with Gasteiger partial charge in [-0.1, -0.05) is 265 Å². The summed E-state index contributed by atoms with van der Waals surface area (Å²) >= 11 is 0. The number of phosphoric acid groups is 1. The van der Waals surface area contributed by atoms with Gasteiger partial charge in [0.1, 0.15) is 13.2 Å². The van der Waals surface area contributed by atoms with Crippen LogP contribution in [0, 0.1) is 0 Å². The molecule has 0 aromatic carbocycles. The molecule has 0 aliphatic rings. The highest BCUT2D eigenvalue weighted by Crippen LogP contribution is 2.43. The van der Waals surface area contributed by atoms with E-state index in [2.05, 4.69) is 104 Å². The molecule has 3 N–H and O–H groups in total. The van der Waals surface area contributed by atoms with Gasteiger partial charge in [-0.3, -0.25) is 13.8 Å². The van der Waals surface area contributed by atoms with Crippen molar-refractivity contribution in [1.82, 2.24) is 5.32 Å². The highest BCUT2D eigenvalue weighted by molar-refractivity contribution is 7.47. The number of nitrogens with zero attached hydrogens (tertiary/aromatic N) is 1. The molecule has 0 heterocycles. The number of carbonyl (C=O) groups excluding carboxylic acids is 1. The van der Waals surface area contributed by atoms with Crippen LogP contribution < -0.4 is 5.32 Å². The Labute approximate surface area is 451 Å². The SMILES string of the molecule is CC/C=C\C/C=C\C/C=C\C/C=C\C/C=C\C/C=C\C/C=C\CCCCCCCCCC(=O)NC(COP(=O)(O)OCC[N+](C)(C)C)C(O)/C=C/CCCCCCCCCCCCCCCCCCCCCC. The van der Waals surface area contributed by atoms with Crippen molar-refractivity contribution in [2.24, 2.45) is 0 Å². The maximum atomic E-state index is 13.0. The fourth-order valence-electron chi connectivity index (χ4n) is 8.38. The van der Waals surface area contributed by atoms with E-state index in [-0.39, 0.29) is 19.1 Å². The Balaban J connectivity index is 4.25. The van der Waals surface area contributed by atoms with Crippen LogP contribution in [0.25, 0.3) is 0 Å². The number of hydrogen-bond acceptors (Lipinski definition) is 5. The molecule has 1 amide bonds. The Bertz CT molecular complexity index is 1510. The van der Waals surface area contributed by atoms with E-state index in [9.17, 15) is 19.4 Å². The zero-order valence-corrected chi connectivity index (χ0v) is 49.0. The Morgan fingerprint density at radius 3 is 1.21 bits per heavy atom. The molecule has 0 bridgehead atoms. The van der Waals surface area contributed by atoms with Crippen LogP contribution in [0.5, 0.6) is 0 Å². The number of rotatable bonds is 54. The predicted octanol–water partition coefficient (Wildman–Crippen LogP) is 18.6. The standard InChI is InChI=1S/C64H115N2O6P/c1-6-8-10-12-14-16-18-20-22-24-26-28-30-31-32-33-34-35-36-38-40-42-44-46-48-50-52-54-56-58-64(68)65-62(61-72-73(69,70)71-60-59-66(3,4)5)63(67)57-55-53-51-49-47-45-43-41-39-37-29-27-25-23-21-19-17-15-13-11-9-7-2/h8,10,14,16,20,22,26,28,31-32,34-35,38,40,55,57,62-63,67H,6-7,9,11-13,15,17-19,21,23-25,27,29-30,33,36-37,39,41-54,56,58-61H2,1-5H3,(H-,65,68,69,70)/p+1/b10-8-,16-14-,22-20-,28-26-,32-31-,35-34-,40-38-,57-55+.